The minimum Gasteiger partial charge on any atom is -0.492 e. The summed E-state index contributed by atoms with van der Waals surface area (Å²) in [5, 5.41) is 17.1. The summed E-state index contributed by atoms with van der Waals surface area (Å²) in [5.41, 5.74) is 0.653. The van der Waals surface area contributed by atoms with E-state index < -0.39 is 35.6 Å². The highest BCUT2D eigenvalue weighted by molar-refractivity contribution is 6.01. The number of carbonyl (C=O) groups is 2. The van der Waals surface area contributed by atoms with E-state index in [0.717, 1.165) is 16.8 Å². The number of furan rings is 1. The predicted molar refractivity (Wildman–Crippen MR) is 148 cm³/mol. The molecule has 0 atom stereocenters. The average Bonchev–Trinajstić information content (AvgIpc) is 3.34. The average molecular weight is 574 g/mol. The fraction of sp³-hybridized carbons (Fsp3) is 0.387. The summed E-state index contributed by atoms with van der Waals surface area (Å²) in [5.74, 6) is -3.32. The van der Waals surface area contributed by atoms with Gasteiger partial charge in [0.05, 0.1) is 23.6 Å². The molecule has 6 rings (SSSR count). The fourth-order valence-corrected chi connectivity index (χ4v) is 5.56. The lowest BCUT2D eigenvalue weighted by Gasteiger charge is -2.39. The number of fused-ring (bicyclic) bond motifs is 1. The smallest absolute Gasteiger partial charge is 0.287 e. The third kappa shape index (κ3) is 5.24. The Bertz CT molecular complexity index is 1690. The van der Waals surface area contributed by atoms with Gasteiger partial charge in [-0.1, -0.05) is 18.2 Å². The van der Waals surface area contributed by atoms with Crippen molar-refractivity contribution >= 4 is 22.7 Å². The first kappa shape index (κ1) is 27.6. The molecule has 0 bridgehead atoms. The summed E-state index contributed by atoms with van der Waals surface area (Å²) in [6.07, 6.45) is 2.75. The van der Waals surface area contributed by atoms with Crippen LogP contribution in [-0.4, -0.2) is 44.5 Å². The molecule has 0 unspecified atom stereocenters. The number of ether oxygens (including phenoxy) is 1. The number of aromatic nitrogens is 3. The number of carbonyl (C=O) groups excluding carboxylic acids is 2. The summed E-state index contributed by atoms with van der Waals surface area (Å²) >= 11 is 0. The van der Waals surface area contributed by atoms with Crippen molar-refractivity contribution in [2.75, 3.05) is 6.61 Å². The number of nitrogens with one attached hydrogen (secondary N) is 1. The molecule has 2 aliphatic rings. The predicted octanol–water partition coefficient (Wildman–Crippen LogP) is 6.02. The molecule has 2 aliphatic carbocycles. The number of benzene rings is 2. The molecule has 11 heteroatoms. The third-order valence-electron chi connectivity index (χ3n) is 8.31. The van der Waals surface area contributed by atoms with Crippen LogP contribution in [0.2, 0.25) is 0 Å². The normalized spacial score (nSPS) is 18.2. The van der Waals surface area contributed by atoms with Crippen LogP contribution in [0, 0.1) is 16.7 Å². The van der Waals surface area contributed by atoms with E-state index in [0.29, 0.717) is 36.2 Å². The van der Waals surface area contributed by atoms with Gasteiger partial charge in [0.25, 0.3) is 5.91 Å². The molecule has 1 N–H and O–H groups in total. The molecule has 42 heavy (non-hydrogen) atoms. The molecule has 2 saturated carbocycles. The molecule has 0 spiro atoms. The fourth-order valence-electron chi connectivity index (χ4n) is 5.56. The molecule has 216 valence electrons. The zero-order chi connectivity index (χ0) is 29.5. The van der Waals surface area contributed by atoms with Gasteiger partial charge in [0.15, 0.2) is 11.5 Å². The molecular formula is C31H29F2N5O4. The van der Waals surface area contributed by atoms with E-state index >= 15 is 0 Å². The Morgan fingerprint density at radius 2 is 1.81 bits per heavy atom. The van der Waals surface area contributed by atoms with Crippen LogP contribution in [-0.2, 0) is 4.79 Å². The van der Waals surface area contributed by atoms with Crippen molar-refractivity contribution in [3.8, 4) is 28.6 Å². The maximum atomic E-state index is 14.1. The van der Waals surface area contributed by atoms with Gasteiger partial charge in [-0.25, -0.2) is 18.4 Å². The van der Waals surface area contributed by atoms with Crippen LogP contribution >= 0.6 is 0 Å². The molecule has 0 saturated heterocycles. The number of nitriles is 1. The highest BCUT2D eigenvalue weighted by atomic mass is 19.3. The van der Waals surface area contributed by atoms with Crippen molar-refractivity contribution in [2.24, 2.45) is 5.41 Å². The van der Waals surface area contributed by atoms with Crippen molar-refractivity contribution in [3.63, 3.8) is 0 Å². The van der Waals surface area contributed by atoms with Crippen LogP contribution in [0.15, 0.2) is 59.5 Å². The molecule has 2 fully saturated rings. The van der Waals surface area contributed by atoms with Gasteiger partial charge in [0, 0.05) is 24.6 Å². The number of amides is 1. The Morgan fingerprint density at radius 3 is 2.48 bits per heavy atom. The van der Waals surface area contributed by atoms with Crippen LogP contribution in [0.25, 0.3) is 27.8 Å². The first-order valence-electron chi connectivity index (χ1n) is 14.0. The number of hydrogen-bond acceptors (Lipinski definition) is 7. The van der Waals surface area contributed by atoms with Gasteiger partial charge in [0.2, 0.25) is 5.92 Å². The summed E-state index contributed by atoms with van der Waals surface area (Å²) in [6.45, 7) is 2.35. The van der Waals surface area contributed by atoms with E-state index in [4.69, 9.17) is 9.15 Å². The molecule has 2 aromatic carbocycles. The topological polar surface area (TPSA) is 123 Å². The maximum Gasteiger partial charge on any atom is 0.287 e. The minimum absolute atomic E-state index is 0.0235. The van der Waals surface area contributed by atoms with Crippen LogP contribution in [0.3, 0.4) is 0 Å². The summed E-state index contributed by atoms with van der Waals surface area (Å²) < 4.78 is 41.5. The maximum absolute atomic E-state index is 14.1. The number of alkyl halides is 2. The number of Topliss-reactive ketones (excluding diaryl/α,β-unsaturated/α-hetero) is 1. The van der Waals surface area contributed by atoms with Crippen molar-refractivity contribution in [2.45, 2.75) is 63.3 Å². The molecule has 1 amide bonds. The highest BCUT2D eigenvalue weighted by Crippen LogP contribution is 2.50. The molecular weight excluding hydrogens is 544 g/mol. The number of hydrogen-bond donors (Lipinski definition) is 1. The van der Waals surface area contributed by atoms with Crippen molar-refractivity contribution in [1.29, 1.82) is 5.26 Å². The van der Waals surface area contributed by atoms with Crippen LogP contribution in [0.4, 0.5) is 8.78 Å². The summed E-state index contributed by atoms with van der Waals surface area (Å²) in [7, 11) is 0. The molecule has 9 nitrogen and oxygen atoms in total. The minimum atomic E-state index is -2.90. The Hall–Kier alpha value is -4.59. The van der Waals surface area contributed by atoms with E-state index in [-0.39, 0.29) is 30.8 Å². The van der Waals surface area contributed by atoms with Gasteiger partial charge in [-0.3, -0.25) is 9.59 Å². The Balaban J connectivity index is 1.26. The van der Waals surface area contributed by atoms with Gasteiger partial charge >= 0.3 is 0 Å². The lowest BCUT2D eigenvalue weighted by atomic mass is 9.74. The van der Waals surface area contributed by atoms with Crippen LogP contribution in [0.5, 0.6) is 5.75 Å². The number of ketones is 1. The standard InChI is InChI=1S/C31H29F2N5O4/c1-2-41-25-14-21(5-6-23(25)38-19-35-18-36-38)20-3-4-22-15-26(42-24(22)13-20)28(40)37-30(9-11-31(32,33)12-10-30)27(39)16-29(17-34)7-8-29/h3-6,13-15,18-19H,2,7-12,16H2,1H3,(H,37,40). The van der Waals surface area contributed by atoms with Crippen molar-refractivity contribution in [3.05, 3.63) is 60.9 Å². The Kier molecular flexibility index (Phi) is 6.80. The second-order valence-corrected chi connectivity index (χ2v) is 11.2. The molecule has 2 aromatic heterocycles. The SMILES string of the molecule is CCOc1cc(-c2ccc3cc(C(=O)NC4(C(=O)CC5(C#N)CC5)CCC(F)(F)CC4)oc3c2)ccc1-n1cncn1. The van der Waals surface area contributed by atoms with E-state index in [9.17, 15) is 23.6 Å². The highest BCUT2D eigenvalue weighted by Gasteiger charge is 2.53. The first-order valence-corrected chi connectivity index (χ1v) is 14.0. The van der Waals surface area contributed by atoms with Crippen molar-refractivity contribution < 1.29 is 27.5 Å². The lowest BCUT2D eigenvalue weighted by molar-refractivity contribution is -0.131. The van der Waals surface area contributed by atoms with E-state index in [1.54, 1.807) is 23.1 Å². The molecule has 0 aliphatic heterocycles. The van der Waals surface area contributed by atoms with E-state index in [2.05, 4.69) is 21.5 Å². The number of halogens is 2. The molecule has 0 radical (unpaired) electrons. The van der Waals surface area contributed by atoms with E-state index in [1.807, 2.05) is 37.3 Å². The molecule has 2 heterocycles. The van der Waals surface area contributed by atoms with E-state index in [1.165, 1.54) is 6.33 Å². The lowest BCUT2D eigenvalue weighted by Crippen LogP contribution is -2.58. The Labute approximate surface area is 240 Å². The monoisotopic (exact) mass is 573 g/mol. The van der Waals surface area contributed by atoms with Crippen LogP contribution < -0.4 is 10.1 Å². The second-order valence-electron chi connectivity index (χ2n) is 11.2. The largest absolute Gasteiger partial charge is 0.492 e. The zero-order valence-electron chi connectivity index (χ0n) is 23.0. The quantitative estimate of drug-likeness (QED) is 0.260. The first-order chi connectivity index (χ1) is 20.1. The Morgan fingerprint density at radius 1 is 1.07 bits per heavy atom. The zero-order valence-corrected chi connectivity index (χ0v) is 23.0. The van der Waals surface area contributed by atoms with Gasteiger partial charge in [0.1, 0.15) is 29.7 Å². The third-order valence-corrected chi connectivity index (χ3v) is 8.31. The summed E-state index contributed by atoms with van der Waals surface area (Å²) in [4.78, 5) is 30.8. The van der Waals surface area contributed by atoms with Gasteiger partial charge in [-0.15, -0.1) is 0 Å². The summed E-state index contributed by atoms with van der Waals surface area (Å²) in [6, 6.07) is 15.0. The van der Waals surface area contributed by atoms with Gasteiger partial charge in [-0.05, 0) is 68.0 Å². The van der Waals surface area contributed by atoms with Crippen molar-refractivity contribution in [1.82, 2.24) is 20.1 Å². The number of rotatable bonds is 9. The van der Waals surface area contributed by atoms with Crippen LogP contribution in [0.1, 0.15) is 62.4 Å². The molecule has 4 aromatic rings. The van der Waals surface area contributed by atoms with Gasteiger partial charge in [-0.2, -0.15) is 10.4 Å². The van der Waals surface area contributed by atoms with Gasteiger partial charge < -0.3 is 14.5 Å². The number of nitrogens with zero attached hydrogens (tertiary/aromatic N) is 4. The second kappa shape index (κ2) is 10.4.